The van der Waals surface area contributed by atoms with Gasteiger partial charge in [-0.15, -0.1) is 0 Å². The molecule has 2 rings (SSSR count). The van der Waals surface area contributed by atoms with Gasteiger partial charge in [0.1, 0.15) is 5.75 Å². The van der Waals surface area contributed by atoms with Gasteiger partial charge in [-0.2, -0.15) is 0 Å². The first-order chi connectivity index (χ1) is 13.0. The number of hydrogen-bond donors (Lipinski definition) is 0. The first kappa shape index (κ1) is 20.4. The van der Waals surface area contributed by atoms with Crippen molar-refractivity contribution in [3.8, 4) is 5.75 Å². The fourth-order valence-corrected chi connectivity index (χ4v) is 3.13. The van der Waals surface area contributed by atoms with E-state index < -0.39 is 5.92 Å². The number of nitrogens with zero attached hydrogens (tertiary/aromatic N) is 2. The molecule has 0 spiro atoms. The number of ketones is 1. The zero-order valence-electron chi connectivity index (χ0n) is 16.1. The lowest BCUT2D eigenvalue weighted by Crippen LogP contribution is -2.22. The van der Waals surface area contributed by atoms with E-state index in [1.165, 1.54) is 0 Å². The maximum atomic E-state index is 12.6. The van der Waals surface area contributed by atoms with Crippen molar-refractivity contribution in [1.82, 2.24) is 0 Å². The van der Waals surface area contributed by atoms with E-state index in [4.69, 9.17) is 4.74 Å². The second-order valence-corrected chi connectivity index (χ2v) is 6.33. The Balaban J connectivity index is 2.18. The Hall–Kier alpha value is -2.89. The third-order valence-electron chi connectivity index (χ3n) is 4.71. The Bertz CT molecular complexity index is 753. The Morgan fingerprint density at radius 3 is 2.15 bits per heavy atom. The van der Waals surface area contributed by atoms with Crippen molar-refractivity contribution < 1.29 is 14.5 Å². The molecule has 0 aromatic heterocycles. The lowest BCUT2D eigenvalue weighted by atomic mass is 9.91. The van der Waals surface area contributed by atoms with Crippen LogP contribution in [-0.4, -0.2) is 37.5 Å². The van der Waals surface area contributed by atoms with Crippen LogP contribution >= 0.6 is 0 Å². The van der Waals surface area contributed by atoms with E-state index in [-0.39, 0.29) is 23.7 Å². The summed E-state index contributed by atoms with van der Waals surface area (Å²) in [6, 6.07) is 14.5. The summed E-state index contributed by atoms with van der Waals surface area (Å²) in [6.45, 7) is 5.68. The predicted octanol–water partition coefficient (Wildman–Crippen LogP) is 4.17. The number of nitro groups is 1. The van der Waals surface area contributed by atoms with Gasteiger partial charge in [-0.1, -0.05) is 12.1 Å². The van der Waals surface area contributed by atoms with Crippen LogP contribution in [0, 0.1) is 10.1 Å². The van der Waals surface area contributed by atoms with Crippen LogP contribution in [0.5, 0.6) is 5.75 Å². The minimum absolute atomic E-state index is 0.0952. The molecular weight excluding hydrogens is 344 g/mol. The second-order valence-electron chi connectivity index (χ2n) is 6.33. The van der Waals surface area contributed by atoms with Crippen LogP contribution in [0.4, 0.5) is 5.69 Å². The lowest BCUT2D eigenvalue weighted by molar-refractivity contribution is -0.483. The molecule has 2 aromatic carbocycles. The SMILES string of the molecule is CCN(CC)c1ccc(C(CC(=O)c2ccc(OC)cc2)C[N+](=O)[O-])cc1. The molecule has 0 amide bonds. The van der Waals surface area contributed by atoms with E-state index >= 15 is 0 Å². The number of rotatable bonds is 10. The standard InChI is InChI=1S/C21H26N2O4/c1-4-22(5-2)19-10-6-16(7-11-19)18(15-23(25)26)14-21(24)17-8-12-20(27-3)13-9-17/h6-13,18H,4-5,14-15H2,1-3H3. The maximum absolute atomic E-state index is 12.6. The monoisotopic (exact) mass is 370 g/mol. The predicted molar refractivity (Wildman–Crippen MR) is 107 cm³/mol. The fraction of sp³-hybridized carbons (Fsp3) is 0.381. The van der Waals surface area contributed by atoms with Gasteiger partial charge in [0, 0.05) is 35.7 Å². The van der Waals surface area contributed by atoms with Gasteiger partial charge in [-0.05, 0) is 55.8 Å². The fourth-order valence-electron chi connectivity index (χ4n) is 3.13. The minimum Gasteiger partial charge on any atom is -0.497 e. The molecule has 0 radical (unpaired) electrons. The first-order valence-corrected chi connectivity index (χ1v) is 9.12. The summed E-state index contributed by atoms with van der Waals surface area (Å²) in [4.78, 5) is 25.6. The van der Waals surface area contributed by atoms with Gasteiger partial charge in [0.15, 0.2) is 5.78 Å². The molecule has 0 fully saturated rings. The van der Waals surface area contributed by atoms with Crippen molar-refractivity contribution in [3.05, 3.63) is 69.8 Å². The second kappa shape index (κ2) is 9.71. The molecule has 1 atom stereocenters. The number of Topliss-reactive ketones (excluding diaryl/α,β-unsaturated/α-hetero) is 1. The number of benzene rings is 2. The highest BCUT2D eigenvalue weighted by Crippen LogP contribution is 2.25. The summed E-state index contributed by atoms with van der Waals surface area (Å²) in [5.74, 6) is 0.0954. The van der Waals surface area contributed by atoms with Gasteiger partial charge in [0.2, 0.25) is 6.54 Å². The van der Waals surface area contributed by atoms with Crippen molar-refractivity contribution in [1.29, 1.82) is 0 Å². The third kappa shape index (κ3) is 5.54. The van der Waals surface area contributed by atoms with Crippen molar-refractivity contribution in [2.24, 2.45) is 0 Å². The molecule has 6 heteroatoms. The van der Waals surface area contributed by atoms with E-state index in [0.29, 0.717) is 11.3 Å². The van der Waals surface area contributed by atoms with Gasteiger partial charge < -0.3 is 9.64 Å². The maximum Gasteiger partial charge on any atom is 0.211 e. The highest BCUT2D eigenvalue weighted by atomic mass is 16.6. The number of methoxy groups -OCH3 is 1. The van der Waals surface area contributed by atoms with Crippen LogP contribution in [0.1, 0.15) is 42.1 Å². The van der Waals surface area contributed by atoms with Crippen LogP contribution in [0.15, 0.2) is 48.5 Å². The minimum atomic E-state index is -0.458. The average Bonchev–Trinajstić information content (AvgIpc) is 2.68. The molecule has 0 heterocycles. The first-order valence-electron chi connectivity index (χ1n) is 9.12. The van der Waals surface area contributed by atoms with Gasteiger partial charge >= 0.3 is 0 Å². The summed E-state index contributed by atoms with van der Waals surface area (Å²) in [6.07, 6.45) is 0.0952. The molecule has 144 valence electrons. The zero-order valence-corrected chi connectivity index (χ0v) is 16.1. The smallest absolute Gasteiger partial charge is 0.211 e. The highest BCUT2D eigenvalue weighted by Gasteiger charge is 2.22. The highest BCUT2D eigenvalue weighted by molar-refractivity contribution is 5.96. The molecule has 1 unspecified atom stereocenters. The number of anilines is 1. The van der Waals surface area contributed by atoms with E-state index in [2.05, 4.69) is 18.7 Å². The molecule has 0 aliphatic carbocycles. The van der Waals surface area contributed by atoms with Gasteiger partial charge in [0.25, 0.3) is 0 Å². The Morgan fingerprint density at radius 1 is 1.07 bits per heavy atom. The quantitative estimate of drug-likeness (QED) is 0.356. The van der Waals surface area contributed by atoms with Crippen LogP contribution in [0.2, 0.25) is 0 Å². The summed E-state index contributed by atoms with van der Waals surface area (Å²) in [5, 5.41) is 11.1. The molecule has 6 nitrogen and oxygen atoms in total. The largest absolute Gasteiger partial charge is 0.497 e. The zero-order chi connectivity index (χ0) is 19.8. The van der Waals surface area contributed by atoms with E-state index in [1.807, 2.05) is 24.3 Å². The Morgan fingerprint density at radius 2 is 1.67 bits per heavy atom. The topological polar surface area (TPSA) is 72.7 Å². The number of carbonyl (C=O) groups excluding carboxylic acids is 1. The molecule has 0 saturated carbocycles. The summed E-state index contributed by atoms with van der Waals surface area (Å²) >= 11 is 0. The van der Waals surface area contributed by atoms with E-state index in [0.717, 1.165) is 24.3 Å². The van der Waals surface area contributed by atoms with Crippen molar-refractivity contribution in [2.75, 3.05) is 31.6 Å². The average molecular weight is 370 g/mol. The molecular formula is C21H26N2O4. The molecule has 0 aliphatic rings. The van der Waals surface area contributed by atoms with Crippen molar-refractivity contribution in [2.45, 2.75) is 26.2 Å². The van der Waals surface area contributed by atoms with Crippen LogP contribution in [-0.2, 0) is 0 Å². The number of hydrogen-bond acceptors (Lipinski definition) is 5. The number of ether oxygens (including phenoxy) is 1. The molecule has 0 saturated heterocycles. The molecule has 2 aromatic rings. The molecule has 27 heavy (non-hydrogen) atoms. The van der Waals surface area contributed by atoms with Crippen molar-refractivity contribution in [3.63, 3.8) is 0 Å². The number of carbonyl (C=O) groups is 1. The summed E-state index contributed by atoms with van der Waals surface area (Å²) in [5.41, 5.74) is 2.42. The Kier molecular flexibility index (Phi) is 7.34. The lowest BCUT2D eigenvalue weighted by Gasteiger charge is -2.22. The van der Waals surface area contributed by atoms with Crippen molar-refractivity contribution >= 4 is 11.5 Å². The van der Waals surface area contributed by atoms with Gasteiger partial charge in [-0.25, -0.2) is 0 Å². The summed E-state index contributed by atoms with van der Waals surface area (Å²) < 4.78 is 5.10. The Labute approximate surface area is 159 Å². The van der Waals surface area contributed by atoms with Crippen LogP contribution in [0.25, 0.3) is 0 Å². The molecule has 0 bridgehead atoms. The third-order valence-corrected chi connectivity index (χ3v) is 4.71. The van der Waals surface area contributed by atoms with Gasteiger partial charge in [0.05, 0.1) is 13.0 Å². The summed E-state index contributed by atoms with van der Waals surface area (Å²) in [7, 11) is 1.56. The van der Waals surface area contributed by atoms with E-state index in [9.17, 15) is 14.9 Å². The molecule has 0 N–H and O–H groups in total. The molecule has 0 aliphatic heterocycles. The normalized spacial score (nSPS) is 11.7. The van der Waals surface area contributed by atoms with Gasteiger partial charge in [-0.3, -0.25) is 14.9 Å². The van der Waals surface area contributed by atoms with Crippen LogP contribution < -0.4 is 9.64 Å². The van der Waals surface area contributed by atoms with E-state index in [1.54, 1.807) is 31.4 Å². The van der Waals surface area contributed by atoms with Crippen LogP contribution in [0.3, 0.4) is 0 Å².